The van der Waals surface area contributed by atoms with Gasteiger partial charge in [-0.05, 0) is 82.6 Å². The minimum absolute atomic E-state index is 0.222. The summed E-state index contributed by atoms with van der Waals surface area (Å²) in [5, 5.41) is 14.5. The van der Waals surface area contributed by atoms with Gasteiger partial charge >= 0.3 is 0 Å². The highest BCUT2D eigenvalue weighted by molar-refractivity contribution is 5.30. The lowest BCUT2D eigenvalue weighted by molar-refractivity contribution is -0.167. The minimum Gasteiger partial charge on any atom is -0.390 e. The molecule has 1 aromatic rings. The van der Waals surface area contributed by atoms with Crippen molar-refractivity contribution >= 4 is 5.95 Å². The van der Waals surface area contributed by atoms with Crippen LogP contribution in [0.4, 0.5) is 5.95 Å². The standard InChI is InChI=1S/C18H27N3O/c1-11-4-12(2)20-16(19-11)21-13(3)17-6-14-5-15(7-17)9-18(22,8-14)10-17/h4,13-15,22H,5-10H2,1-3H3,(H,19,20,21)/t13-,14-,15-,17?,18?/m0/s1. The molecule has 4 fully saturated rings. The molecule has 0 aliphatic heterocycles. The van der Waals surface area contributed by atoms with Crippen LogP contribution in [0.15, 0.2) is 6.07 Å². The fourth-order valence-corrected chi connectivity index (χ4v) is 5.93. The van der Waals surface area contributed by atoms with Crippen molar-refractivity contribution in [1.29, 1.82) is 0 Å². The number of aromatic nitrogens is 2. The van der Waals surface area contributed by atoms with E-state index in [0.29, 0.717) is 6.04 Å². The van der Waals surface area contributed by atoms with Crippen LogP contribution in [0.25, 0.3) is 0 Å². The van der Waals surface area contributed by atoms with Gasteiger partial charge in [0.05, 0.1) is 5.60 Å². The van der Waals surface area contributed by atoms with Crippen molar-refractivity contribution in [1.82, 2.24) is 9.97 Å². The Morgan fingerprint density at radius 2 is 1.73 bits per heavy atom. The molecule has 2 N–H and O–H groups in total. The topological polar surface area (TPSA) is 58.0 Å². The first kappa shape index (κ1) is 14.4. The van der Waals surface area contributed by atoms with Gasteiger partial charge in [0.15, 0.2) is 0 Å². The van der Waals surface area contributed by atoms with Gasteiger partial charge in [-0.25, -0.2) is 9.97 Å². The molecule has 0 radical (unpaired) electrons. The Bertz CT molecular complexity index is 566. The summed E-state index contributed by atoms with van der Waals surface area (Å²) in [6, 6.07) is 2.31. The molecular formula is C18H27N3O. The highest BCUT2D eigenvalue weighted by atomic mass is 16.3. The van der Waals surface area contributed by atoms with Crippen LogP contribution in [-0.4, -0.2) is 26.7 Å². The fourth-order valence-electron chi connectivity index (χ4n) is 5.93. The van der Waals surface area contributed by atoms with E-state index in [2.05, 4.69) is 22.2 Å². The van der Waals surface area contributed by atoms with Gasteiger partial charge in [0, 0.05) is 17.4 Å². The molecule has 4 nitrogen and oxygen atoms in total. The Hall–Kier alpha value is -1.16. The number of aryl methyl sites for hydroxylation is 2. The van der Waals surface area contributed by atoms with Crippen molar-refractivity contribution in [2.45, 2.75) is 70.9 Å². The van der Waals surface area contributed by atoms with Crippen molar-refractivity contribution < 1.29 is 5.11 Å². The van der Waals surface area contributed by atoms with Crippen LogP contribution in [0.3, 0.4) is 0 Å². The molecular weight excluding hydrogens is 274 g/mol. The summed E-state index contributed by atoms with van der Waals surface area (Å²) < 4.78 is 0. The van der Waals surface area contributed by atoms with E-state index in [-0.39, 0.29) is 5.41 Å². The van der Waals surface area contributed by atoms with Crippen molar-refractivity contribution in [2.75, 3.05) is 5.32 Å². The Morgan fingerprint density at radius 1 is 1.14 bits per heavy atom. The van der Waals surface area contributed by atoms with E-state index < -0.39 is 5.60 Å². The van der Waals surface area contributed by atoms with Gasteiger partial charge in [-0.15, -0.1) is 0 Å². The molecule has 4 aliphatic carbocycles. The third kappa shape index (κ3) is 2.32. The summed E-state index contributed by atoms with van der Waals surface area (Å²) in [6.45, 7) is 6.29. The number of anilines is 1. The van der Waals surface area contributed by atoms with Crippen LogP contribution in [0.1, 0.15) is 56.8 Å². The van der Waals surface area contributed by atoms with Crippen LogP contribution in [0.5, 0.6) is 0 Å². The number of aliphatic hydroxyl groups is 1. The van der Waals surface area contributed by atoms with Crippen LogP contribution in [0.2, 0.25) is 0 Å². The molecule has 4 saturated carbocycles. The second kappa shape index (κ2) is 4.67. The maximum Gasteiger partial charge on any atom is 0.223 e. The van der Waals surface area contributed by atoms with E-state index in [4.69, 9.17) is 0 Å². The highest BCUT2D eigenvalue weighted by Gasteiger charge is 2.58. The maximum atomic E-state index is 10.9. The van der Waals surface area contributed by atoms with Crippen LogP contribution in [-0.2, 0) is 0 Å². The molecule has 3 atom stereocenters. The van der Waals surface area contributed by atoms with Crippen molar-refractivity contribution in [3.63, 3.8) is 0 Å². The summed E-state index contributed by atoms with van der Waals surface area (Å²) in [5.74, 6) is 2.18. The van der Waals surface area contributed by atoms with E-state index in [9.17, 15) is 5.11 Å². The molecule has 0 amide bonds. The van der Waals surface area contributed by atoms with E-state index in [1.807, 2.05) is 19.9 Å². The fraction of sp³-hybridized carbons (Fsp3) is 0.778. The van der Waals surface area contributed by atoms with Crippen LogP contribution >= 0.6 is 0 Å². The van der Waals surface area contributed by atoms with Crippen LogP contribution < -0.4 is 5.32 Å². The molecule has 1 heterocycles. The summed E-state index contributed by atoms with van der Waals surface area (Å²) in [6.07, 6.45) is 6.84. The predicted octanol–water partition coefficient (Wildman–Crippen LogP) is 3.23. The molecule has 5 rings (SSSR count). The zero-order chi connectivity index (χ0) is 15.5. The van der Waals surface area contributed by atoms with Gasteiger partial charge in [0.2, 0.25) is 5.95 Å². The second-order valence-corrected chi connectivity index (χ2v) is 8.39. The minimum atomic E-state index is -0.399. The first-order chi connectivity index (χ1) is 10.4. The second-order valence-electron chi connectivity index (χ2n) is 8.39. The Balaban J connectivity index is 1.58. The zero-order valence-electron chi connectivity index (χ0n) is 13.9. The van der Waals surface area contributed by atoms with E-state index >= 15 is 0 Å². The van der Waals surface area contributed by atoms with Gasteiger partial charge in [-0.1, -0.05) is 0 Å². The van der Waals surface area contributed by atoms with Gasteiger partial charge < -0.3 is 10.4 Å². The van der Waals surface area contributed by atoms with Gasteiger partial charge in [0.25, 0.3) is 0 Å². The van der Waals surface area contributed by atoms with E-state index in [1.54, 1.807) is 0 Å². The monoisotopic (exact) mass is 301 g/mol. The quantitative estimate of drug-likeness (QED) is 0.900. The number of hydrogen-bond acceptors (Lipinski definition) is 4. The highest BCUT2D eigenvalue weighted by Crippen LogP contribution is 2.62. The number of nitrogens with one attached hydrogen (secondary N) is 1. The predicted molar refractivity (Wildman–Crippen MR) is 86.7 cm³/mol. The van der Waals surface area contributed by atoms with Gasteiger partial charge in [0.1, 0.15) is 0 Å². The van der Waals surface area contributed by atoms with Gasteiger partial charge in [-0.3, -0.25) is 0 Å². The van der Waals surface area contributed by atoms with Crippen molar-refractivity contribution in [3.8, 4) is 0 Å². The molecule has 4 heteroatoms. The lowest BCUT2D eigenvalue weighted by Crippen LogP contribution is -2.60. The smallest absolute Gasteiger partial charge is 0.223 e. The third-order valence-electron chi connectivity index (χ3n) is 6.32. The average molecular weight is 301 g/mol. The lowest BCUT2D eigenvalue weighted by atomic mass is 9.46. The SMILES string of the molecule is Cc1cc(C)nc(N[C@@H](C)C23C[C@@H]4C[C@H](CC(O)(C4)C2)C3)n1. The van der Waals surface area contributed by atoms with Crippen molar-refractivity contribution in [2.24, 2.45) is 17.3 Å². The van der Waals surface area contributed by atoms with E-state index in [0.717, 1.165) is 48.4 Å². The molecule has 0 spiro atoms. The molecule has 1 aromatic heterocycles. The Morgan fingerprint density at radius 3 is 2.27 bits per heavy atom. The maximum absolute atomic E-state index is 10.9. The summed E-state index contributed by atoms with van der Waals surface area (Å²) in [7, 11) is 0. The molecule has 4 bridgehead atoms. The first-order valence-electron chi connectivity index (χ1n) is 8.67. The normalized spacial score (nSPS) is 40.7. The average Bonchev–Trinajstić information content (AvgIpc) is 2.34. The molecule has 4 aliphatic rings. The van der Waals surface area contributed by atoms with E-state index in [1.165, 1.54) is 19.3 Å². The number of nitrogens with zero attached hydrogens (tertiary/aromatic N) is 2. The van der Waals surface area contributed by atoms with Gasteiger partial charge in [-0.2, -0.15) is 0 Å². The molecule has 0 aromatic carbocycles. The summed E-state index contributed by atoms with van der Waals surface area (Å²) >= 11 is 0. The molecule has 22 heavy (non-hydrogen) atoms. The van der Waals surface area contributed by atoms with Crippen molar-refractivity contribution in [3.05, 3.63) is 17.5 Å². The molecule has 0 unspecified atom stereocenters. The first-order valence-corrected chi connectivity index (χ1v) is 8.67. The molecule has 0 saturated heterocycles. The number of rotatable bonds is 3. The van der Waals surface area contributed by atoms with Crippen LogP contribution in [0, 0.1) is 31.1 Å². The summed E-state index contributed by atoms with van der Waals surface area (Å²) in [4.78, 5) is 9.07. The Kier molecular flexibility index (Phi) is 3.06. The third-order valence-corrected chi connectivity index (χ3v) is 6.32. The largest absolute Gasteiger partial charge is 0.390 e. The Labute approximate surface area is 132 Å². The number of hydrogen-bond donors (Lipinski definition) is 2. The lowest BCUT2D eigenvalue weighted by Gasteiger charge is -2.62. The molecule has 120 valence electrons. The zero-order valence-corrected chi connectivity index (χ0v) is 13.9. The summed E-state index contributed by atoms with van der Waals surface area (Å²) in [5.41, 5.74) is 1.83.